The molecular formula is C17H24N2O3. The van der Waals surface area contributed by atoms with Crippen molar-refractivity contribution in [2.24, 2.45) is 5.92 Å². The minimum absolute atomic E-state index is 0.0908. The van der Waals surface area contributed by atoms with E-state index in [0.717, 1.165) is 18.7 Å². The molecule has 1 heterocycles. The van der Waals surface area contributed by atoms with E-state index in [0.29, 0.717) is 18.9 Å². The summed E-state index contributed by atoms with van der Waals surface area (Å²) in [5, 5.41) is 12.0. The van der Waals surface area contributed by atoms with Crippen LogP contribution in [0.4, 0.5) is 5.69 Å². The highest BCUT2D eigenvalue weighted by Gasteiger charge is 2.26. The van der Waals surface area contributed by atoms with Crippen molar-refractivity contribution in [3.05, 3.63) is 29.8 Å². The van der Waals surface area contributed by atoms with Gasteiger partial charge >= 0.3 is 5.97 Å². The first kappa shape index (κ1) is 16.5. The highest BCUT2D eigenvalue weighted by atomic mass is 16.4. The number of carbonyl (C=O) groups is 2. The Balaban J connectivity index is 1.90. The highest BCUT2D eigenvalue weighted by Crippen LogP contribution is 2.19. The summed E-state index contributed by atoms with van der Waals surface area (Å²) in [7, 11) is 0. The van der Waals surface area contributed by atoms with E-state index in [-0.39, 0.29) is 18.4 Å². The van der Waals surface area contributed by atoms with Gasteiger partial charge in [-0.2, -0.15) is 0 Å². The molecule has 1 saturated heterocycles. The number of rotatable bonds is 5. The molecule has 0 saturated carbocycles. The van der Waals surface area contributed by atoms with Crippen LogP contribution in [0, 0.1) is 5.92 Å². The number of nitrogens with zero attached hydrogens (tertiary/aromatic N) is 1. The Morgan fingerprint density at radius 2 is 2.18 bits per heavy atom. The monoisotopic (exact) mass is 304 g/mol. The number of amides is 1. The molecule has 1 amide bonds. The van der Waals surface area contributed by atoms with E-state index in [1.807, 2.05) is 29.2 Å². The Bertz CT molecular complexity index is 542. The number of piperidine rings is 1. The van der Waals surface area contributed by atoms with Gasteiger partial charge in [-0.05, 0) is 43.0 Å². The number of carbonyl (C=O) groups excluding carboxylic acids is 1. The number of hydrogen-bond donors (Lipinski definition) is 2. The zero-order valence-corrected chi connectivity index (χ0v) is 13.2. The van der Waals surface area contributed by atoms with Crippen LogP contribution in [0.25, 0.3) is 0 Å². The van der Waals surface area contributed by atoms with Gasteiger partial charge in [-0.25, -0.2) is 0 Å². The fraction of sp³-hybridized carbons (Fsp3) is 0.529. The normalized spacial score (nSPS) is 19.1. The lowest BCUT2D eigenvalue weighted by molar-refractivity contribution is -0.144. The molecule has 22 heavy (non-hydrogen) atoms. The second-order valence-corrected chi connectivity index (χ2v) is 6.24. The third kappa shape index (κ3) is 4.56. The molecule has 1 aromatic rings. The van der Waals surface area contributed by atoms with Gasteiger partial charge in [-0.15, -0.1) is 0 Å². The summed E-state index contributed by atoms with van der Waals surface area (Å²) < 4.78 is 0. The van der Waals surface area contributed by atoms with E-state index in [1.165, 1.54) is 5.56 Å². The molecule has 2 N–H and O–H groups in total. The molecule has 120 valence electrons. The van der Waals surface area contributed by atoms with Crippen LogP contribution in [0.2, 0.25) is 0 Å². The number of hydrogen-bond acceptors (Lipinski definition) is 3. The Hall–Kier alpha value is -1.88. The van der Waals surface area contributed by atoms with Crippen molar-refractivity contribution in [1.29, 1.82) is 0 Å². The first-order chi connectivity index (χ1) is 10.5. The quantitative estimate of drug-likeness (QED) is 0.877. The molecule has 0 aliphatic carbocycles. The summed E-state index contributed by atoms with van der Waals surface area (Å²) in [4.78, 5) is 25.1. The molecule has 1 aliphatic heterocycles. The van der Waals surface area contributed by atoms with E-state index >= 15 is 0 Å². The van der Waals surface area contributed by atoms with Gasteiger partial charge < -0.3 is 10.4 Å². The van der Waals surface area contributed by atoms with Crippen LogP contribution in [0.1, 0.15) is 38.2 Å². The second kappa shape index (κ2) is 7.40. The van der Waals surface area contributed by atoms with Gasteiger partial charge in [0, 0.05) is 12.2 Å². The number of benzene rings is 1. The summed E-state index contributed by atoms with van der Waals surface area (Å²) in [6.45, 7) is 5.70. The topological polar surface area (TPSA) is 69.6 Å². The Morgan fingerprint density at radius 1 is 1.41 bits per heavy atom. The molecule has 5 nitrogen and oxygen atoms in total. The van der Waals surface area contributed by atoms with Crippen molar-refractivity contribution in [3.8, 4) is 0 Å². The van der Waals surface area contributed by atoms with E-state index in [1.54, 1.807) is 0 Å². The van der Waals surface area contributed by atoms with Gasteiger partial charge in [0.2, 0.25) is 5.91 Å². The molecule has 5 heteroatoms. The molecule has 1 aliphatic rings. The summed E-state index contributed by atoms with van der Waals surface area (Å²) in [5.41, 5.74) is 1.98. The van der Waals surface area contributed by atoms with Crippen molar-refractivity contribution in [2.75, 3.05) is 25.0 Å². The molecule has 1 atom stereocenters. The lowest BCUT2D eigenvalue weighted by atomic mass is 9.98. The van der Waals surface area contributed by atoms with Crippen LogP contribution in [0.15, 0.2) is 24.3 Å². The van der Waals surface area contributed by atoms with E-state index in [9.17, 15) is 9.59 Å². The van der Waals surface area contributed by atoms with Gasteiger partial charge in [-0.1, -0.05) is 26.0 Å². The fourth-order valence-corrected chi connectivity index (χ4v) is 2.78. The summed E-state index contributed by atoms with van der Waals surface area (Å²) in [5.74, 6) is -0.803. The maximum absolute atomic E-state index is 12.1. The second-order valence-electron chi connectivity index (χ2n) is 6.24. The fourth-order valence-electron chi connectivity index (χ4n) is 2.78. The average molecular weight is 304 g/mol. The molecule has 0 bridgehead atoms. The molecule has 1 aromatic carbocycles. The zero-order chi connectivity index (χ0) is 16.1. The number of nitrogens with one attached hydrogen (secondary N) is 1. The van der Waals surface area contributed by atoms with Crippen LogP contribution < -0.4 is 5.32 Å². The van der Waals surface area contributed by atoms with Gasteiger partial charge in [-0.3, -0.25) is 14.5 Å². The van der Waals surface area contributed by atoms with Crippen LogP contribution in [-0.4, -0.2) is 41.5 Å². The molecule has 0 spiro atoms. The third-order valence-corrected chi connectivity index (χ3v) is 4.06. The van der Waals surface area contributed by atoms with Crippen molar-refractivity contribution >= 4 is 17.6 Å². The number of carboxylic acids is 1. The Labute approximate surface area is 131 Å². The van der Waals surface area contributed by atoms with E-state index in [2.05, 4.69) is 19.2 Å². The van der Waals surface area contributed by atoms with Crippen molar-refractivity contribution < 1.29 is 14.7 Å². The summed E-state index contributed by atoms with van der Waals surface area (Å²) in [6, 6.07) is 7.84. The predicted octanol–water partition coefficient (Wildman–Crippen LogP) is 2.55. The van der Waals surface area contributed by atoms with Gasteiger partial charge in [0.25, 0.3) is 0 Å². The Kier molecular flexibility index (Phi) is 5.55. The van der Waals surface area contributed by atoms with E-state index in [4.69, 9.17) is 5.11 Å². The summed E-state index contributed by atoms with van der Waals surface area (Å²) in [6.07, 6.45) is 1.52. The molecular weight excluding hydrogens is 280 g/mol. The zero-order valence-electron chi connectivity index (χ0n) is 13.2. The number of aliphatic carboxylic acids is 1. The van der Waals surface area contributed by atoms with Crippen LogP contribution in [0.3, 0.4) is 0 Å². The SMILES string of the molecule is CC(C)c1cccc(NC(=O)CN2CCCC(C(=O)O)C2)c1. The molecule has 1 fully saturated rings. The standard InChI is InChI=1S/C17H24N2O3/c1-12(2)13-5-3-7-15(9-13)18-16(20)11-19-8-4-6-14(10-19)17(21)22/h3,5,7,9,12,14H,4,6,8,10-11H2,1-2H3,(H,18,20)(H,21,22). The maximum atomic E-state index is 12.1. The van der Waals surface area contributed by atoms with Gasteiger partial charge in [0.15, 0.2) is 0 Å². The lowest BCUT2D eigenvalue weighted by Crippen LogP contribution is -2.42. The van der Waals surface area contributed by atoms with Gasteiger partial charge in [0.1, 0.15) is 0 Å². The van der Waals surface area contributed by atoms with Crippen molar-refractivity contribution in [1.82, 2.24) is 4.90 Å². The van der Waals surface area contributed by atoms with Crippen molar-refractivity contribution in [3.63, 3.8) is 0 Å². The first-order valence-corrected chi connectivity index (χ1v) is 7.80. The van der Waals surface area contributed by atoms with Gasteiger partial charge in [0.05, 0.1) is 12.5 Å². The van der Waals surface area contributed by atoms with E-state index < -0.39 is 5.97 Å². The predicted molar refractivity (Wildman–Crippen MR) is 86.0 cm³/mol. The molecule has 0 aromatic heterocycles. The average Bonchev–Trinajstić information content (AvgIpc) is 2.47. The largest absolute Gasteiger partial charge is 0.481 e. The lowest BCUT2D eigenvalue weighted by Gasteiger charge is -2.29. The highest BCUT2D eigenvalue weighted by molar-refractivity contribution is 5.92. The van der Waals surface area contributed by atoms with Crippen LogP contribution in [0.5, 0.6) is 0 Å². The van der Waals surface area contributed by atoms with Crippen LogP contribution in [-0.2, 0) is 9.59 Å². The maximum Gasteiger partial charge on any atom is 0.307 e. The Morgan fingerprint density at radius 3 is 2.86 bits per heavy atom. The number of carboxylic acid groups (broad SMARTS) is 1. The van der Waals surface area contributed by atoms with Crippen molar-refractivity contribution in [2.45, 2.75) is 32.6 Å². The number of anilines is 1. The van der Waals surface area contributed by atoms with Crippen LogP contribution >= 0.6 is 0 Å². The smallest absolute Gasteiger partial charge is 0.307 e. The minimum Gasteiger partial charge on any atom is -0.481 e. The first-order valence-electron chi connectivity index (χ1n) is 7.80. The molecule has 1 unspecified atom stereocenters. The minimum atomic E-state index is -0.769. The summed E-state index contributed by atoms with van der Waals surface area (Å²) >= 11 is 0. The third-order valence-electron chi connectivity index (χ3n) is 4.06. The number of likely N-dealkylation sites (tertiary alicyclic amines) is 1. The molecule has 0 radical (unpaired) electrons. The molecule has 2 rings (SSSR count).